The Morgan fingerprint density at radius 1 is 1.47 bits per heavy atom. The second-order valence-corrected chi connectivity index (χ2v) is 5.21. The van der Waals surface area contributed by atoms with Gasteiger partial charge in [-0.05, 0) is 45.1 Å². The number of H-pyrrole nitrogens is 1. The van der Waals surface area contributed by atoms with Gasteiger partial charge in [0.2, 0.25) is 5.91 Å². The maximum absolute atomic E-state index is 12.2. The lowest BCUT2D eigenvalue weighted by Crippen LogP contribution is -2.35. The predicted octanol–water partition coefficient (Wildman–Crippen LogP) is 1.84. The number of anilines is 1. The Morgan fingerprint density at radius 3 is 3.05 bits per heavy atom. The van der Waals surface area contributed by atoms with Gasteiger partial charge in [0.15, 0.2) is 0 Å². The quantitative estimate of drug-likeness (QED) is 0.864. The zero-order valence-corrected chi connectivity index (χ0v) is 11.0. The van der Waals surface area contributed by atoms with Crippen LogP contribution in [-0.2, 0) is 4.79 Å². The predicted molar refractivity (Wildman–Crippen MR) is 74.9 cm³/mol. The van der Waals surface area contributed by atoms with Gasteiger partial charge < -0.3 is 15.2 Å². The Hall–Kier alpha value is -1.88. The molecule has 5 nitrogen and oxygen atoms in total. The first-order valence-electron chi connectivity index (χ1n) is 6.65. The van der Waals surface area contributed by atoms with Gasteiger partial charge in [-0.1, -0.05) is 0 Å². The van der Waals surface area contributed by atoms with Gasteiger partial charge in [0.05, 0.1) is 11.9 Å². The molecule has 3 heterocycles. The Labute approximate surface area is 112 Å². The van der Waals surface area contributed by atoms with E-state index in [0.717, 1.165) is 42.7 Å². The molecule has 0 aromatic carbocycles. The van der Waals surface area contributed by atoms with Crippen molar-refractivity contribution in [2.24, 2.45) is 5.92 Å². The first-order chi connectivity index (χ1) is 9.22. The number of pyridine rings is 1. The summed E-state index contributed by atoms with van der Waals surface area (Å²) in [6.45, 7) is 1.99. The molecule has 1 aliphatic rings. The molecular weight excluding hydrogens is 240 g/mol. The van der Waals surface area contributed by atoms with Crippen molar-refractivity contribution in [3.63, 3.8) is 0 Å². The number of nitrogens with zero attached hydrogens (tertiary/aromatic N) is 2. The van der Waals surface area contributed by atoms with Gasteiger partial charge in [0.1, 0.15) is 5.65 Å². The van der Waals surface area contributed by atoms with Crippen molar-refractivity contribution in [3.05, 3.63) is 24.5 Å². The van der Waals surface area contributed by atoms with Gasteiger partial charge in [-0.2, -0.15) is 0 Å². The molecule has 100 valence electrons. The van der Waals surface area contributed by atoms with Gasteiger partial charge in [-0.15, -0.1) is 0 Å². The average Bonchev–Trinajstić information content (AvgIpc) is 2.87. The van der Waals surface area contributed by atoms with E-state index in [1.165, 1.54) is 0 Å². The zero-order valence-electron chi connectivity index (χ0n) is 11.0. The van der Waals surface area contributed by atoms with Crippen LogP contribution in [0.15, 0.2) is 24.5 Å². The normalized spacial score (nSPS) is 17.7. The van der Waals surface area contributed by atoms with Crippen molar-refractivity contribution in [1.29, 1.82) is 0 Å². The molecular formula is C14H18N4O. The minimum atomic E-state index is 0.116. The number of aromatic amines is 1. The number of rotatable bonds is 2. The molecule has 2 N–H and O–H groups in total. The number of amides is 1. The maximum atomic E-state index is 12.2. The maximum Gasteiger partial charge on any atom is 0.227 e. The molecule has 0 saturated carbocycles. The second kappa shape index (κ2) is 5.01. The molecule has 0 spiro atoms. The largest absolute Gasteiger partial charge is 0.346 e. The second-order valence-electron chi connectivity index (χ2n) is 5.21. The number of hydrogen-bond acceptors (Lipinski definition) is 3. The van der Waals surface area contributed by atoms with Crippen LogP contribution in [0.2, 0.25) is 0 Å². The summed E-state index contributed by atoms with van der Waals surface area (Å²) < 4.78 is 0. The molecule has 3 rings (SSSR count). The van der Waals surface area contributed by atoms with Crippen LogP contribution in [0, 0.1) is 5.92 Å². The highest BCUT2D eigenvalue weighted by atomic mass is 16.1. The fourth-order valence-corrected chi connectivity index (χ4v) is 2.52. The van der Waals surface area contributed by atoms with E-state index in [2.05, 4.69) is 27.2 Å². The summed E-state index contributed by atoms with van der Waals surface area (Å²) in [6, 6.07) is 3.90. The number of piperidine rings is 1. The van der Waals surface area contributed by atoms with E-state index < -0.39 is 0 Å². The Bertz CT molecular complexity index is 584. The molecule has 2 aromatic heterocycles. The molecule has 1 fully saturated rings. The van der Waals surface area contributed by atoms with E-state index >= 15 is 0 Å². The summed E-state index contributed by atoms with van der Waals surface area (Å²) in [5.41, 5.74) is 1.62. The van der Waals surface area contributed by atoms with Gasteiger partial charge in [-0.3, -0.25) is 4.79 Å². The summed E-state index contributed by atoms with van der Waals surface area (Å²) in [7, 11) is 2.10. The third-order valence-corrected chi connectivity index (χ3v) is 3.76. The molecule has 0 aliphatic carbocycles. The lowest BCUT2D eigenvalue weighted by atomic mass is 9.96. The number of carbonyl (C=O) groups is 1. The molecule has 5 heteroatoms. The Morgan fingerprint density at radius 2 is 2.26 bits per heavy atom. The van der Waals surface area contributed by atoms with Crippen molar-refractivity contribution in [2.45, 2.75) is 12.8 Å². The first-order valence-corrected chi connectivity index (χ1v) is 6.65. The molecule has 19 heavy (non-hydrogen) atoms. The standard InChI is InChI=1S/C14H18N4O/c1-18-6-3-10(4-7-18)14(19)17-12-8-11-2-5-15-13(11)16-9-12/h2,5,8-10H,3-4,6-7H2,1H3,(H,15,16)(H,17,19). The van der Waals surface area contributed by atoms with Crippen molar-refractivity contribution < 1.29 is 4.79 Å². The van der Waals surface area contributed by atoms with Gasteiger partial charge in [0.25, 0.3) is 0 Å². The highest BCUT2D eigenvalue weighted by molar-refractivity contribution is 5.94. The van der Waals surface area contributed by atoms with Crippen LogP contribution in [0.25, 0.3) is 11.0 Å². The fourth-order valence-electron chi connectivity index (χ4n) is 2.52. The topological polar surface area (TPSA) is 61.0 Å². The third-order valence-electron chi connectivity index (χ3n) is 3.76. The van der Waals surface area contributed by atoms with E-state index in [-0.39, 0.29) is 11.8 Å². The van der Waals surface area contributed by atoms with E-state index in [1.54, 1.807) is 6.20 Å². The van der Waals surface area contributed by atoms with Gasteiger partial charge in [0, 0.05) is 17.5 Å². The highest BCUT2D eigenvalue weighted by Gasteiger charge is 2.23. The molecule has 1 aliphatic heterocycles. The average molecular weight is 258 g/mol. The van der Waals surface area contributed by atoms with Gasteiger partial charge in [-0.25, -0.2) is 4.98 Å². The van der Waals surface area contributed by atoms with Gasteiger partial charge >= 0.3 is 0 Å². The fraction of sp³-hybridized carbons (Fsp3) is 0.429. The van der Waals surface area contributed by atoms with Crippen LogP contribution >= 0.6 is 0 Å². The summed E-state index contributed by atoms with van der Waals surface area (Å²) in [5, 5.41) is 3.99. The molecule has 1 amide bonds. The van der Waals surface area contributed by atoms with Crippen LogP contribution in [0.1, 0.15) is 12.8 Å². The van der Waals surface area contributed by atoms with E-state index in [4.69, 9.17) is 0 Å². The van der Waals surface area contributed by atoms with Crippen molar-refractivity contribution >= 4 is 22.6 Å². The van der Waals surface area contributed by atoms with E-state index in [0.29, 0.717) is 0 Å². The highest BCUT2D eigenvalue weighted by Crippen LogP contribution is 2.20. The van der Waals surface area contributed by atoms with Crippen LogP contribution in [-0.4, -0.2) is 40.9 Å². The molecule has 0 bridgehead atoms. The molecule has 0 atom stereocenters. The number of nitrogens with one attached hydrogen (secondary N) is 2. The van der Waals surface area contributed by atoms with E-state index in [9.17, 15) is 4.79 Å². The summed E-state index contributed by atoms with van der Waals surface area (Å²) >= 11 is 0. The molecule has 0 radical (unpaired) electrons. The third kappa shape index (κ3) is 2.61. The summed E-state index contributed by atoms with van der Waals surface area (Å²) in [4.78, 5) is 21.8. The molecule has 0 unspecified atom stereocenters. The molecule has 2 aromatic rings. The minimum absolute atomic E-state index is 0.116. The van der Waals surface area contributed by atoms with Crippen LogP contribution in [0.4, 0.5) is 5.69 Å². The SMILES string of the molecule is CN1CCC(C(=O)Nc2cnc3[nH]ccc3c2)CC1. The number of carbonyl (C=O) groups excluding carboxylic acids is 1. The van der Waals surface area contributed by atoms with Crippen molar-refractivity contribution in [2.75, 3.05) is 25.5 Å². The monoisotopic (exact) mass is 258 g/mol. The lowest BCUT2D eigenvalue weighted by Gasteiger charge is -2.27. The molecule has 1 saturated heterocycles. The first kappa shape index (κ1) is 12.2. The summed E-state index contributed by atoms with van der Waals surface area (Å²) in [6.07, 6.45) is 5.41. The van der Waals surface area contributed by atoms with Crippen molar-refractivity contribution in [3.8, 4) is 0 Å². The Kier molecular flexibility index (Phi) is 3.21. The Balaban J connectivity index is 1.68. The zero-order chi connectivity index (χ0) is 13.2. The van der Waals surface area contributed by atoms with Crippen LogP contribution in [0.5, 0.6) is 0 Å². The smallest absolute Gasteiger partial charge is 0.227 e. The number of likely N-dealkylation sites (tertiary alicyclic amines) is 1. The van der Waals surface area contributed by atoms with Crippen LogP contribution in [0.3, 0.4) is 0 Å². The van der Waals surface area contributed by atoms with Crippen LogP contribution < -0.4 is 5.32 Å². The minimum Gasteiger partial charge on any atom is -0.346 e. The summed E-state index contributed by atoms with van der Waals surface area (Å²) in [5.74, 6) is 0.239. The number of hydrogen-bond donors (Lipinski definition) is 2. The lowest BCUT2D eigenvalue weighted by molar-refractivity contribution is -0.121. The number of aromatic nitrogens is 2. The number of fused-ring (bicyclic) bond motifs is 1. The van der Waals surface area contributed by atoms with E-state index in [1.807, 2.05) is 18.3 Å². The van der Waals surface area contributed by atoms with Crippen molar-refractivity contribution in [1.82, 2.24) is 14.9 Å².